The fourth-order valence-corrected chi connectivity index (χ4v) is 5.00. The Morgan fingerprint density at radius 1 is 1.03 bits per heavy atom. The Morgan fingerprint density at radius 2 is 1.79 bits per heavy atom. The zero-order valence-electron chi connectivity index (χ0n) is 21.7. The van der Waals surface area contributed by atoms with Gasteiger partial charge >= 0.3 is 0 Å². The van der Waals surface area contributed by atoms with Crippen molar-refractivity contribution in [3.8, 4) is 17.2 Å². The van der Waals surface area contributed by atoms with Gasteiger partial charge in [0.1, 0.15) is 11.6 Å². The lowest BCUT2D eigenvalue weighted by Gasteiger charge is -2.30. The average Bonchev–Trinajstić information content (AvgIpc) is 3.53. The molecule has 1 saturated heterocycles. The van der Waals surface area contributed by atoms with Crippen LogP contribution in [0.1, 0.15) is 27.2 Å². The third-order valence-corrected chi connectivity index (χ3v) is 7.05. The van der Waals surface area contributed by atoms with Gasteiger partial charge in [0.2, 0.25) is 5.78 Å². The van der Waals surface area contributed by atoms with Crippen LogP contribution in [-0.4, -0.2) is 46.9 Å². The summed E-state index contributed by atoms with van der Waals surface area (Å²) in [5, 5.41) is 5.36. The summed E-state index contributed by atoms with van der Waals surface area (Å²) in [5.74, 6) is 0.172. The van der Waals surface area contributed by atoms with E-state index in [1.807, 2.05) is 13.0 Å². The zero-order chi connectivity index (χ0) is 27.1. The number of aromatic amines is 1. The maximum atomic E-state index is 14.0. The van der Waals surface area contributed by atoms with Crippen LogP contribution in [0.4, 0.5) is 15.9 Å². The summed E-state index contributed by atoms with van der Waals surface area (Å²) in [7, 11) is 0. The van der Waals surface area contributed by atoms with E-state index >= 15 is 0 Å². The van der Waals surface area contributed by atoms with E-state index in [-0.39, 0.29) is 17.4 Å². The van der Waals surface area contributed by atoms with Crippen molar-refractivity contribution in [2.24, 2.45) is 0 Å². The van der Waals surface area contributed by atoms with Gasteiger partial charge in [-0.2, -0.15) is 5.10 Å². The molecule has 0 spiro atoms. The molecular weight excluding hydrogens is 497 g/mol. The van der Waals surface area contributed by atoms with Gasteiger partial charge in [-0.25, -0.2) is 9.07 Å². The summed E-state index contributed by atoms with van der Waals surface area (Å²) in [4.78, 5) is 19.1. The predicted molar refractivity (Wildman–Crippen MR) is 149 cm³/mol. The first kappa shape index (κ1) is 24.7. The van der Waals surface area contributed by atoms with Crippen molar-refractivity contribution in [3.63, 3.8) is 0 Å². The smallest absolute Gasteiger partial charge is 0.214 e. The minimum Gasteiger partial charge on any atom is -0.454 e. The molecule has 8 nitrogen and oxygen atoms in total. The van der Waals surface area contributed by atoms with E-state index in [1.165, 1.54) is 16.9 Å². The molecule has 0 aliphatic carbocycles. The number of ketones is 1. The summed E-state index contributed by atoms with van der Waals surface area (Å²) in [6.45, 7) is 7.04. The second-order valence-electron chi connectivity index (χ2n) is 9.67. The zero-order valence-corrected chi connectivity index (χ0v) is 21.7. The number of halogens is 1. The number of hydrogen-bond acceptors (Lipinski definition) is 6. The first-order valence-electron chi connectivity index (χ1n) is 12.8. The molecule has 1 aliphatic rings. The number of carbonyl (C=O) groups excluding carboxylic acids is 1. The van der Waals surface area contributed by atoms with Gasteiger partial charge in [0.25, 0.3) is 0 Å². The summed E-state index contributed by atoms with van der Waals surface area (Å²) >= 11 is 0. The molecule has 0 saturated carbocycles. The van der Waals surface area contributed by atoms with Crippen LogP contribution in [0, 0.1) is 19.7 Å². The molecule has 3 aromatic carbocycles. The van der Waals surface area contributed by atoms with Crippen LogP contribution in [-0.2, 0) is 4.74 Å². The Kier molecular flexibility index (Phi) is 6.28. The van der Waals surface area contributed by atoms with E-state index in [4.69, 9.17) is 15.2 Å². The van der Waals surface area contributed by atoms with Crippen molar-refractivity contribution in [2.45, 2.75) is 13.8 Å². The number of fused-ring (bicyclic) bond motifs is 1. The van der Waals surface area contributed by atoms with E-state index in [0.717, 1.165) is 40.8 Å². The molecule has 3 N–H and O–H groups in total. The van der Waals surface area contributed by atoms with Gasteiger partial charge in [-0.15, -0.1) is 0 Å². The number of aromatic nitrogens is 3. The first-order chi connectivity index (χ1) is 18.9. The van der Waals surface area contributed by atoms with Gasteiger partial charge in [-0.1, -0.05) is 12.1 Å². The highest BCUT2D eigenvalue weighted by Gasteiger charge is 2.22. The number of nitrogens with two attached hydrogens (primary N) is 1. The van der Waals surface area contributed by atoms with E-state index in [1.54, 1.807) is 36.4 Å². The van der Waals surface area contributed by atoms with Gasteiger partial charge in [0, 0.05) is 29.7 Å². The van der Waals surface area contributed by atoms with Crippen molar-refractivity contribution in [1.82, 2.24) is 14.8 Å². The number of H-pyrrole nitrogens is 1. The van der Waals surface area contributed by atoms with Crippen molar-refractivity contribution >= 4 is 28.2 Å². The molecule has 0 unspecified atom stereocenters. The number of para-hydroxylation sites is 1. The summed E-state index contributed by atoms with van der Waals surface area (Å²) in [6, 6.07) is 17.5. The number of aryl methyl sites for hydroxylation is 2. The van der Waals surface area contributed by atoms with Crippen LogP contribution in [0.5, 0.6) is 11.5 Å². The van der Waals surface area contributed by atoms with Gasteiger partial charge in [0.05, 0.1) is 36.4 Å². The lowest BCUT2D eigenvalue weighted by atomic mass is 10.1. The van der Waals surface area contributed by atoms with Crippen LogP contribution in [0.25, 0.3) is 16.6 Å². The number of nitrogens with zero attached hydrogens (tertiary/aromatic N) is 3. The molecule has 9 heteroatoms. The number of nitrogen functional groups attached to an aromatic ring is 1. The highest BCUT2D eigenvalue weighted by molar-refractivity contribution is 6.12. The topological polar surface area (TPSA) is 98.4 Å². The Bertz CT molecular complexity index is 1700. The minimum atomic E-state index is -0.442. The number of ether oxygens (including phenoxy) is 2. The maximum absolute atomic E-state index is 14.0. The molecular formula is C30H28FN5O3. The SMILES string of the molecule is Cc1cc2cc(C(=O)c3cnn(-c4ccc(Oc5ccccc5F)cc4C)c3N)[nH]c2cc1N1CCOCC1. The van der Waals surface area contributed by atoms with E-state index in [0.29, 0.717) is 35.9 Å². The molecule has 0 amide bonds. The summed E-state index contributed by atoms with van der Waals surface area (Å²) in [6.07, 6.45) is 1.48. The second-order valence-corrected chi connectivity index (χ2v) is 9.67. The molecule has 0 bridgehead atoms. The van der Waals surface area contributed by atoms with E-state index in [2.05, 4.69) is 34.0 Å². The molecule has 5 aromatic rings. The number of rotatable bonds is 6. The van der Waals surface area contributed by atoms with Gasteiger partial charge in [-0.05, 0) is 73.5 Å². The Hall–Kier alpha value is -4.63. The second kappa shape index (κ2) is 9.92. The molecule has 39 heavy (non-hydrogen) atoms. The fourth-order valence-electron chi connectivity index (χ4n) is 5.00. The highest BCUT2D eigenvalue weighted by atomic mass is 19.1. The van der Waals surface area contributed by atoms with Crippen molar-refractivity contribution in [2.75, 3.05) is 36.9 Å². The number of anilines is 2. The number of benzene rings is 3. The standard InChI is InChI=1S/C30H28FN5O3/c1-18-13-20-15-25(34-24(20)16-27(18)35-9-11-38-12-10-35)29(37)22-17-33-36(30(22)32)26-8-7-21(14-19(26)2)39-28-6-4-3-5-23(28)31/h3-8,13-17,34H,9-12,32H2,1-2H3. The maximum Gasteiger partial charge on any atom is 0.214 e. The van der Waals surface area contributed by atoms with Gasteiger partial charge in [0.15, 0.2) is 11.6 Å². The molecule has 6 rings (SSSR count). The first-order valence-corrected chi connectivity index (χ1v) is 12.8. The summed E-state index contributed by atoms with van der Waals surface area (Å²) in [5.41, 5.74) is 11.8. The number of hydrogen-bond donors (Lipinski definition) is 2. The van der Waals surface area contributed by atoms with Crippen LogP contribution < -0.4 is 15.4 Å². The fraction of sp³-hybridized carbons (Fsp3) is 0.200. The normalized spacial score (nSPS) is 13.7. The lowest BCUT2D eigenvalue weighted by Crippen LogP contribution is -2.36. The van der Waals surface area contributed by atoms with Crippen LogP contribution in [0.15, 0.2) is 66.9 Å². The quantitative estimate of drug-likeness (QED) is 0.282. The lowest BCUT2D eigenvalue weighted by molar-refractivity contribution is 0.103. The van der Waals surface area contributed by atoms with Gasteiger partial charge < -0.3 is 25.1 Å². The van der Waals surface area contributed by atoms with Crippen LogP contribution >= 0.6 is 0 Å². The highest BCUT2D eigenvalue weighted by Crippen LogP contribution is 2.31. The third-order valence-electron chi connectivity index (χ3n) is 7.05. The molecule has 0 radical (unpaired) electrons. The van der Waals surface area contributed by atoms with Crippen LogP contribution in [0.2, 0.25) is 0 Å². The van der Waals surface area contributed by atoms with Gasteiger partial charge in [-0.3, -0.25) is 4.79 Å². The molecule has 198 valence electrons. The largest absolute Gasteiger partial charge is 0.454 e. The Labute approximate surface area is 224 Å². The molecule has 1 fully saturated rings. The van der Waals surface area contributed by atoms with Crippen molar-refractivity contribution < 1.29 is 18.7 Å². The molecule has 3 heterocycles. The van der Waals surface area contributed by atoms with Crippen LogP contribution in [0.3, 0.4) is 0 Å². The minimum absolute atomic E-state index is 0.140. The predicted octanol–water partition coefficient (Wildman–Crippen LogP) is 5.55. The molecule has 0 atom stereocenters. The monoisotopic (exact) mass is 525 g/mol. The number of carbonyl (C=O) groups is 1. The molecule has 1 aliphatic heterocycles. The third kappa shape index (κ3) is 4.61. The number of nitrogens with one attached hydrogen (secondary N) is 1. The van der Waals surface area contributed by atoms with Crippen molar-refractivity contribution in [1.29, 1.82) is 0 Å². The number of morpholine rings is 1. The van der Waals surface area contributed by atoms with E-state index in [9.17, 15) is 9.18 Å². The Morgan fingerprint density at radius 3 is 2.56 bits per heavy atom. The Balaban J connectivity index is 1.27. The van der Waals surface area contributed by atoms with E-state index < -0.39 is 5.82 Å². The molecule has 2 aromatic heterocycles. The summed E-state index contributed by atoms with van der Waals surface area (Å²) < 4.78 is 26.7. The average molecular weight is 526 g/mol. The van der Waals surface area contributed by atoms with Crippen molar-refractivity contribution in [3.05, 3.63) is 95.1 Å².